The molecule has 0 aromatic heterocycles. The molecule has 0 aromatic rings. The van der Waals surface area contributed by atoms with Crippen molar-refractivity contribution in [1.82, 2.24) is 0 Å². The van der Waals surface area contributed by atoms with Crippen molar-refractivity contribution in [3.05, 3.63) is 0 Å². The maximum atomic E-state index is 8.74. The first-order chi connectivity index (χ1) is 12.1. The van der Waals surface area contributed by atoms with E-state index >= 15 is 0 Å². The van der Waals surface area contributed by atoms with Gasteiger partial charge in [0, 0.05) is 0 Å². The molecule has 0 aliphatic rings. The minimum atomic E-state index is -3.13. The molecule has 0 aromatic carbocycles. The van der Waals surface area contributed by atoms with Gasteiger partial charge in [-0.15, -0.1) is 0 Å². The smallest absolute Gasteiger partial charge is 1.00 e. The molecule has 14 N–H and O–H groups in total. The first-order valence-electron chi connectivity index (χ1n) is 4.56. The van der Waals surface area contributed by atoms with Crippen LogP contribution in [0.15, 0.2) is 0 Å². The van der Waals surface area contributed by atoms with E-state index in [1.165, 1.54) is 0 Å². The van der Waals surface area contributed by atoms with Crippen LogP contribution in [0.5, 0.6) is 0 Å². The van der Waals surface area contributed by atoms with Gasteiger partial charge in [0.05, 0.1) is 0 Å². The van der Waals surface area contributed by atoms with Crippen LogP contribution in [-0.4, -0.2) is 131 Å². The van der Waals surface area contributed by atoms with Crippen molar-refractivity contribution in [2.75, 3.05) is 0 Å². The van der Waals surface area contributed by atoms with Gasteiger partial charge in [-0.3, -0.25) is 31.2 Å². The maximum Gasteiger partial charge on any atom is 1.00 e. The van der Waals surface area contributed by atoms with Gasteiger partial charge in [-0.1, -0.05) is 0 Å². The van der Waals surface area contributed by atoms with Crippen molar-refractivity contribution >= 4 is 64.2 Å². The summed E-state index contributed by atoms with van der Waals surface area (Å²) < 4.78 is 61.2. The fourth-order valence-corrected chi connectivity index (χ4v) is 0. The predicted octanol–water partition coefficient (Wildman–Crippen LogP) is -22.8. The number of hydrogen-bond acceptors (Lipinski definition) is 7. The first-order valence-corrected chi connectivity index (χ1v) is 13.7. The Hall–Kier alpha value is 1.32. The molecule has 176 valence electrons. The van der Waals surface area contributed by atoms with Crippen molar-refractivity contribution < 1.29 is 222 Å². The molecule has 32 heavy (non-hydrogen) atoms. The molecule has 0 aliphatic carbocycles. The molecule has 0 fully saturated rings. The van der Waals surface area contributed by atoms with E-state index in [0.717, 1.165) is 0 Å². The largest absolute Gasteiger partial charge is 1.00 e. The van der Waals surface area contributed by atoms with Crippen LogP contribution in [-0.2, 0) is 31.2 Å². The molecule has 0 heterocycles. The van der Waals surface area contributed by atoms with E-state index in [9.17, 15) is 0 Å². The van der Waals surface area contributed by atoms with E-state index in [1.54, 1.807) is 0 Å². The topological polar surface area (TPSA) is 403 Å². The summed E-state index contributed by atoms with van der Waals surface area (Å²) in [5.41, 5.74) is 0. The third-order valence-electron chi connectivity index (χ3n) is 0. The molecular formula is H18Na4O21Si7. The first kappa shape index (κ1) is 69.9. The molecule has 0 rings (SSSR count). The summed E-state index contributed by atoms with van der Waals surface area (Å²) in [6.45, 7) is 0. The van der Waals surface area contributed by atoms with Gasteiger partial charge in [0.2, 0.25) is 0 Å². The molecule has 0 saturated carbocycles. The zero-order chi connectivity index (χ0) is 25.0. The van der Waals surface area contributed by atoms with Crippen LogP contribution >= 0.6 is 0 Å². The van der Waals surface area contributed by atoms with E-state index in [4.69, 9.17) is 98.4 Å². The molecule has 0 unspecified atom stereocenters. The summed E-state index contributed by atoms with van der Waals surface area (Å²) in [7, 11) is -21.9. The van der Waals surface area contributed by atoms with Gasteiger partial charge in [0.25, 0.3) is 0 Å². The summed E-state index contributed by atoms with van der Waals surface area (Å²) in [4.78, 5) is 100. The van der Waals surface area contributed by atoms with Crippen LogP contribution in [0.2, 0.25) is 0 Å². The average Bonchev–Trinajstić information content (AvgIpc) is 2.20. The molecule has 0 saturated heterocycles. The second kappa shape index (κ2) is 63.6. The van der Waals surface area contributed by atoms with Gasteiger partial charge in [-0.25, -0.2) is 0 Å². The van der Waals surface area contributed by atoms with Gasteiger partial charge in [0.15, 0.2) is 0 Å². The number of hydrogen-bond donors (Lipinski definition) is 14. The second-order valence-corrected chi connectivity index (χ2v) is 5.93. The van der Waals surface area contributed by atoms with E-state index in [0.29, 0.717) is 0 Å². The van der Waals surface area contributed by atoms with Crippen molar-refractivity contribution in [1.29, 1.82) is 0 Å². The predicted molar refractivity (Wildman–Crippen MR) is 80.6 cm³/mol. The second-order valence-electron chi connectivity index (χ2n) is 1.98. The van der Waals surface area contributed by atoms with Crippen LogP contribution in [0.1, 0.15) is 5.71 Å². The molecule has 0 radical (unpaired) electrons. The monoisotopic (exact) mass is 642 g/mol. The van der Waals surface area contributed by atoms with Gasteiger partial charge in [0.1, 0.15) is 0 Å². The van der Waals surface area contributed by atoms with Crippen LogP contribution in [0.3, 0.4) is 0 Å². The molecule has 0 amide bonds. The van der Waals surface area contributed by atoms with Crippen molar-refractivity contribution in [2.45, 2.75) is 0 Å². The summed E-state index contributed by atoms with van der Waals surface area (Å²) in [6.07, 6.45) is 0. The molecule has 0 spiro atoms. The minimum absolute atomic E-state index is 0. The summed E-state index contributed by atoms with van der Waals surface area (Å²) in [5.74, 6) is 0. The summed E-state index contributed by atoms with van der Waals surface area (Å²) in [5, 5.41) is 0. The van der Waals surface area contributed by atoms with Gasteiger partial charge in [-0.2, -0.15) is 0 Å². The van der Waals surface area contributed by atoms with E-state index in [-0.39, 0.29) is 124 Å². The quantitative estimate of drug-likeness (QED) is 0.109. The Morgan fingerprint density at radius 1 is 0.250 bits per heavy atom. The Morgan fingerprint density at radius 2 is 0.250 bits per heavy atom. The third-order valence-corrected chi connectivity index (χ3v) is 0. The Labute approximate surface area is 282 Å². The maximum absolute atomic E-state index is 8.74. The van der Waals surface area contributed by atoms with Crippen LogP contribution in [0.4, 0.5) is 0 Å². The van der Waals surface area contributed by atoms with Crippen LogP contribution in [0, 0.1) is 0 Å². The summed E-state index contributed by atoms with van der Waals surface area (Å²) >= 11 is 0. The Balaban J connectivity index is -0.0000000106. The van der Waals surface area contributed by atoms with E-state index in [1.807, 2.05) is 0 Å². The van der Waals surface area contributed by atoms with Gasteiger partial charge in [-0.05, 0) is 0 Å². The van der Waals surface area contributed by atoms with E-state index < -0.39 is 64.2 Å². The van der Waals surface area contributed by atoms with Gasteiger partial charge >= 0.3 is 182 Å². The molecule has 21 nitrogen and oxygen atoms in total. The van der Waals surface area contributed by atoms with Crippen molar-refractivity contribution in [3.63, 3.8) is 0 Å². The van der Waals surface area contributed by atoms with Crippen LogP contribution < -0.4 is 118 Å². The molecule has 0 aliphatic heterocycles. The standard InChI is InChI=1S/4Na.7H2O3Si.4H/c;;;;7*1-4(2)3;;;;/h;;;;7*1-2H;;;;/q4*+1;;;;;;;;4*-1. The average molecular weight is 643 g/mol. The Morgan fingerprint density at radius 3 is 0.250 bits per heavy atom. The van der Waals surface area contributed by atoms with E-state index in [2.05, 4.69) is 0 Å². The van der Waals surface area contributed by atoms with Crippen molar-refractivity contribution in [2.24, 2.45) is 0 Å². The Kier molecular flexibility index (Phi) is 139. The normalized spacial score (nSPS) is 5.25. The SMILES string of the molecule is O=[Si](O)O.O=[Si](O)O.O=[Si](O)O.O=[Si](O)O.O=[Si](O)O.O=[Si](O)O.O=[Si](O)O.[H-].[H-].[H-].[H-].[Na+].[Na+].[Na+].[Na+]. The number of rotatable bonds is 0. The molecular weight excluding hydrogens is 625 g/mol. The Bertz CT molecular complexity index is 337. The minimum Gasteiger partial charge on any atom is -1.00 e. The van der Waals surface area contributed by atoms with Gasteiger partial charge < -0.3 is 72.8 Å². The summed E-state index contributed by atoms with van der Waals surface area (Å²) in [6, 6.07) is 0. The molecule has 0 atom stereocenters. The van der Waals surface area contributed by atoms with Crippen LogP contribution in [0.25, 0.3) is 0 Å². The zero-order valence-electron chi connectivity index (χ0n) is 20.6. The fourth-order valence-electron chi connectivity index (χ4n) is 0. The zero-order valence-corrected chi connectivity index (χ0v) is 31.6. The van der Waals surface area contributed by atoms with Crippen molar-refractivity contribution in [3.8, 4) is 0 Å². The molecule has 32 heteroatoms. The molecule has 0 bridgehead atoms. The third kappa shape index (κ3) is 16600. The fraction of sp³-hybridized carbons (Fsp3) is 0.